The number of anilines is 1. The first-order valence-electron chi connectivity index (χ1n) is 5.58. The van der Waals surface area contributed by atoms with Gasteiger partial charge in [-0.15, -0.1) is 0 Å². The van der Waals surface area contributed by atoms with E-state index >= 15 is 0 Å². The second kappa shape index (κ2) is 6.46. The Hall–Kier alpha value is -1.97. The van der Waals surface area contributed by atoms with E-state index < -0.39 is 34.4 Å². The summed E-state index contributed by atoms with van der Waals surface area (Å²) in [5.41, 5.74) is 5.61. The third-order valence-electron chi connectivity index (χ3n) is 2.41. The maximum atomic E-state index is 11.6. The van der Waals surface area contributed by atoms with Gasteiger partial charge in [-0.2, -0.15) is 0 Å². The van der Waals surface area contributed by atoms with Gasteiger partial charge < -0.3 is 16.2 Å². The smallest absolute Gasteiger partial charge is 0.305 e. The van der Waals surface area contributed by atoms with Crippen LogP contribution in [0.4, 0.5) is 5.69 Å². The van der Waals surface area contributed by atoms with Gasteiger partial charge in [0, 0.05) is 5.69 Å². The maximum absolute atomic E-state index is 11.6. The molecule has 0 aliphatic rings. The van der Waals surface area contributed by atoms with E-state index in [2.05, 4.69) is 10.0 Å². The number of hydrogen-bond donors (Lipinski definition) is 4. The first kappa shape index (κ1) is 16.1. The van der Waals surface area contributed by atoms with E-state index in [-0.39, 0.29) is 10.6 Å². The molecule has 0 spiro atoms. The van der Waals surface area contributed by atoms with Crippen LogP contribution >= 0.6 is 0 Å². The van der Waals surface area contributed by atoms with E-state index in [1.807, 2.05) is 0 Å². The normalized spacial score (nSPS) is 12.7. The molecule has 8 nitrogen and oxygen atoms in total. The average molecular weight is 301 g/mol. The van der Waals surface area contributed by atoms with E-state index in [0.717, 1.165) is 0 Å². The molecule has 1 aromatic rings. The summed E-state index contributed by atoms with van der Waals surface area (Å²) < 4.78 is 25.3. The van der Waals surface area contributed by atoms with Gasteiger partial charge in [-0.05, 0) is 25.2 Å². The lowest BCUT2D eigenvalue weighted by molar-refractivity contribution is -0.138. The summed E-state index contributed by atoms with van der Waals surface area (Å²) in [5.74, 6) is -1.90. The molecule has 1 amide bonds. The SMILES string of the molecule is CNS(=O)(=O)c1cccc(NC(=O)C(N)CC(=O)O)c1. The van der Waals surface area contributed by atoms with Gasteiger partial charge in [0.25, 0.3) is 0 Å². The van der Waals surface area contributed by atoms with E-state index in [4.69, 9.17) is 10.8 Å². The fraction of sp³-hybridized carbons (Fsp3) is 0.273. The lowest BCUT2D eigenvalue weighted by atomic mass is 10.2. The van der Waals surface area contributed by atoms with E-state index in [1.54, 1.807) is 0 Å². The van der Waals surface area contributed by atoms with Crippen LogP contribution in [0.25, 0.3) is 0 Å². The summed E-state index contributed by atoms with van der Waals surface area (Å²) >= 11 is 0. The lowest BCUT2D eigenvalue weighted by Crippen LogP contribution is -2.37. The van der Waals surface area contributed by atoms with Crippen molar-refractivity contribution in [2.75, 3.05) is 12.4 Å². The molecule has 0 bridgehead atoms. The van der Waals surface area contributed by atoms with Crippen molar-refractivity contribution in [2.24, 2.45) is 5.73 Å². The van der Waals surface area contributed by atoms with E-state index in [9.17, 15) is 18.0 Å². The summed E-state index contributed by atoms with van der Waals surface area (Å²) in [4.78, 5) is 22.0. The molecule has 0 heterocycles. The minimum Gasteiger partial charge on any atom is -0.481 e. The zero-order valence-electron chi connectivity index (χ0n) is 10.7. The minimum absolute atomic E-state index is 0.0235. The molecule has 1 atom stereocenters. The summed E-state index contributed by atoms with van der Waals surface area (Å²) in [7, 11) is -2.36. The van der Waals surface area contributed by atoms with Crippen molar-refractivity contribution >= 4 is 27.6 Å². The number of carbonyl (C=O) groups is 2. The summed E-state index contributed by atoms with van der Waals surface area (Å²) in [5, 5.41) is 10.9. The molecule has 0 saturated carbocycles. The number of amides is 1. The Balaban J connectivity index is 2.87. The molecule has 0 fully saturated rings. The van der Waals surface area contributed by atoms with Crippen LogP contribution in [0.5, 0.6) is 0 Å². The molecule has 1 unspecified atom stereocenters. The van der Waals surface area contributed by atoms with Crippen LogP contribution in [0.3, 0.4) is 0 Å². The van der Waals surface area contributed by atoms with Gasteiger partial charge in [-0.25, -0.2) is 13.1 Å². The van der Waals surface area contributed by atoms with Crippen molar-refractivity contribution in [2.45, 2.75) is 17.4 Å². The highest BCUT2D eigenvalue weighted by molar-refractivity contribution is 7.89. The highest BCUT2D eigenvalue weighted by atomic mass is 32.2. The second-order valence-corrected chi connectivity index (χ2v) is 5.82. The molecule has 0 aliphatic carbocycles. The zero-order chi connectivity index (χ0) is 15.3. The third-order valence-corrected chi connectivity index (χ3v) is 3.82. The highest BCUT2D eigenvalue weighted by Gasteiger charge is 2.18. The van der Waals surface area contributed by atoms with Crippen LogP contribution in [0.15, 0.2) is 29.2 Å². The highest BCUT2D eigenvalue weighted by Crippen LogP contribution is 2.15. The average Bonchev–Trinajstić information content (AvgIpc) is 2.38. The molecule has 9 heteroatoms. The standard InChI is InChI=1S/C11H15N3O5S/c1-13-20(18,19)8-4-2-3-7(5-8)14-11(17)9(12)6-10(15)16/h2-5,9,13H,6,12H2,1H3,(H,14,17)(H,15,16). The molecule has 5 N–H and O–H groups in total. The first-order valence-corrected chi connectivity index (χ1v) is 7.06. The van der Waals surface area contributed by atoms with Crippen LogP contribution in [-0.4, -0.2) is 38.5 Å². The third kappa shape index (κ3) is 4.30. The lowest BCUT2D eigenvalue weighted by Gasteiger charge is -2.11. The van der Waals surface area contributed by atoms with Crippen LogP contribution in [0.1, 0.15) is 6.42 Å². The number of aliphatic carboxylic acids is 1. The molecular formula is C11H15N3O5S. The summed E-state index contributed by atoms with van der Waals surface area (Å²) in [6.45, 7) is 0. The molecule has 0 saturated heterocycles. The predicted octanol–water partition coefficient (Wildman–Crippen LogP) is -0.665. The molecule has 1 rings (SSSR count). The predicted molar refractivity (Wildman–Crippen MR) is 71.5 cm³/mol. The quantitative estimate of drug-likeness (QED) is 0.550. The molecule has 110 valence electrons. The van der Waals surface area contributed by atoms with Gasteiger partial charge in [-0.3, -0.25) is 9.59 Å². The Morgan fingerprint density at radius 3 is 2.60 bits per heavy atom. The molecule has 0 aliphatic heterocycles. The van der Waals surface area contributed by atoms with Crippen molar-refractivity contribution in [1.29, 1.82) is 0 Å². The molecule has 0 radical (unpaired) electrons. The number of hydrogen-bond acceptors (Lipinski definition) is 5. The number of benzene rings is 1. The Labute approximate surface area is 116 Å². The van der Waals surface area contributed by atoms with Crippen LogP contribution in [0, 0.1) is 0 Å². The summed E-state index contributed by atoms with van der Waals surface area (Å²) in [6.07, 6.45) is -0.514. The van der Waals surface area contributed by atoms with Crippen molar-refractivity contribution < 1.29 is 23.1 Å². The largest absolute Gasteiger partial charge is 0.481 e. The molecule has 20 heavy (non-hydrogen) atoms. The fourth-order valence-electron chi connectivity index (χ4n) is 1.37. The number of nitrogens with two attached hydrogens (primary N) is 1. The fourth-order valence-corrected chi connectivity index (χ4v) is 2.15. The second-order valence-electron chi connectivity index (χ2n) is 3.93. The topological polar surface area (TPSA) is 139 Å². The Bertz CT molecular complexity index is 614. The number of carbonyl (C=O) groups excluding carboxylic acids is 1. The van der Waals surface area contributed by atoms with Crippen molar-refractivity contribution in [3.8, 4) is 0 Å². The van der Waals surface area contributed by atoms with Crippen molar-refractivity contribution in [3.05, 3.63) is 24.3 Å². The Morgan fingerprint density at radius 2 is 2.05 bits per heavy atom. The Morgan fingerprint density at radius 1 is 1.40 bits per heavy atom. The monoisotopic (exact) mass is 301 g/mol. The van der Waals surface area contributed by atoms with Crippen LogP contribution in [0.2, 0.25) is 0 Å². The van der Waals surface area contributed by atoms with Crippen molar-refractivity contribution in [1.82, 2.24) is 4.72 Å². The molecular weight excluding hydrogens is 286 g/mol. The van der Waals surface area contributed by atoms with Crippen LogP contribution < -0.4 is 15.8 Å². The number of nitrogens with one attached hydrogen (secondary N) is 2. The van der Waals surface area contributed by atoms with Gasteiger partial charge in [0.1, 0.15) is 0 Å². The van der Waals surface area contributed by atoms with Gasteiger partial charge in [0.15, 0.2) is 0 Å². The number of rotatable bonds is 6. The number of carboxylic acids is 1. The van der Waals surface area contributed by atoms with Gasteiger partial charge >= 0.3 is 5.97 Å². The van der Waals surface area contributed by atoms with Gasteiger partial charge in [0.2, 0.25) is 15.9 Å². The zero-order valence-corrected chi connectivity index (χ0v) is 11.5. The van der Waals surface area contributed by atoms with Crippen molar-refractivity contribution in [3.63, 3.8) is 0 Å². The molecule has 1 aromatic carbocycles. The molecule has 0 aromatic heterocycles. The number of carboxylic acid groups (broad SMARTS) is 1. The minimum atomic E-state index is -3.62. The number of sulfonamides is 1. The van der Waals surface area contributed by atoms with E-state index in [0.29, 0.717) is 0 Å². The van der Waals surface area contributed by atoms with Gasteiger partial charge in [0.05, 0.1) is 17.4 Å². The first-order chi connectivity index (χ1) is 9.26. The van der Waals surface area contributed by atoms with Crippen LogP contribution in [-0.2, 0) is 19.6 Å². The van der Waals surface area contributed by atoms with E-state index in [1.165, 1.54) is 31.3 Å². The summed E-state index contributed by atoms with van der Waals surface area (Å²) in [6, 6.07) is 4.32. The Kier molecular flexibility index (Phi) is 5.19. The van der Waals surface area contributed by atoms with Gasteiger partial charge in [-0.1, -0.05) is 6.07 Å². The maximum Gasteiger partial charge on any atom is 0.305 e.